The smallest absolute Gasteiger partial charge is 0.306 e. The van der Waals surface area contributed by atoms with Gasteiger partial charge in [0.15, 0.2) is 12.1 Å². The van der Waals surface area contributed by atoms with Crippen LogP contribution < -0.4 is 0 Å². The van der Waals surface area contributed by atoms with Crippen molar-refractivity contribution in [3.05, 3.63) is 46.0 Å². The number of carbonyl (C=O) groups is 1. The van der Waals surface area contributed by atoms with Crippen LogP contribution in [0, 0.1) is 16.0 Å². The lowest BCUT2D eigenvalue weighted by Gasteiger charge is -2.27. The summed E-state index contributed by atoms with van der Waals surface area (Å²) in [5.74, 6) is -1.81. The Labute approximate surface area is 175 Å². The van der Waals surface area contributed by atoms with Crippen molar-refractivity contribution in [2.24, 2.45) is 5.92 Å². The van der Waals surface area contributed by atoms with E-state index in [9.17, 15) is 14.9 Å². The lowest BCUT2D eigenvalue weighted by Crippen LogP contribution is -2.38. The largest absolute Gasteiger partial charge is 0.466 e. The number of esters is 1. The molecular formula is C21H29NO8. The van der Waals surface area contributed by atoms with Gasteiger partial charge in [-0.3, -0.25) is 14.9 Å². The normalized spacial score (nSPS) is 28.1. The number of carbonyl (C=O) groups excluding carboxylic acids is 1. The van der Waals surface area contributed by atoms with Crippen molar-refractivity contribution >= 4 is 5.97 Å². The van der Waals surface area contributed by atoms with Gasteiger partial charge in [-0.1, -0.05) is 30.3 Å². The summed E-state index contributed by atoms with van der Waals surface area (Å²) >= 11 is 0. The molecule has 0 bridgehead atoms. The summed E-state index contributed by atoms with van der Waals surface area (Å²) in [5, 5.41) is 11.1. The van der Waals surface area contributed by atoms with Crippen LogP contribution in [-0.4, -0.2) is 54.4 Å². The van der Waals surface area contributed by atoms with E-state index in [1.807, 2.05) is 30.3 Å². The number of benzene rings is 1. The average Bonchev–Trinajstić information content (AvgIpc) is 3.11. The molecule has 30 heavy (non-hydrogen) atoms. The highest BCUT2D eigenvalue weighted by Crippen LogP contribution is 2.41. The van der Waals surface area contributed by atoms with Crippen LogP contribution in [0.2, 0.25) is 0 Å². The molecule has 9 nitrogen and oxygen atoms in total. The molecule has 5 atom stereocenters. The van der Waals surface area contributed by atoms with E-state index in [1.165, 1.54) is 0 Å². The van der Waals surface area contributed by atoms with Gasteiger partial charge in [0.05, 0.1) is 25.7 Å². The first-order valence-corrected chi connectivity index (χ1v) is 10.2. The van der Waals surface area contributed by atoms with Crippen LogP contribution in [0.15, 0.2) is 30.3 Å². The topological polar surface area (TPSA) is 106 Å². The fourth-order valence-corrected chi connectivity index (χ4v) is 3.92. The molecule has 3 rings (SSSR count). The van der Waals surface area contributed by atoms with Crippen LogP contribution in [0.1, 0.15) is 39.2 Å². The molecule has 2 heterocycles. The molecule has 9 heteroatoms. The van der Waals surface area contributed by atoms with E-state index in [0.717, 1.165) is 5.56 Å². The summed E-state index contributed by atoms with van der Waals surface area (Å²) in [4.78, 5) is 22.6. The summed E-state index contributed by atoms with van der Waals surface area (Å²) in [5.41, 5.74) is 0.992. The molecule has 1 aromatic carbocycles. The van der Waals surface area contributed by atoms with E-state index >= 15 is 0 Å². The van der Waals surface area contributed by atoms with Crippen LogP contribution in [0.25, 0.3) is 0 Å². The Balaban J connectivity index is 1.71. The van der Waals surface area contributed by atoms with Gasteiger partial charge < -0.3 is 23.7 Å². The molecule has 2 aliphatic rings. The minimum absolute atomic E-state index is 0.0530. The fourth-order valence-electron chi connectivity index (χ4n) is 3.92. The predicted octanol–water partition coefficient (Wildman–Crippen LogP) is 2.68. The third kappa shape index (κ3) is 5.98. The number of hydrogen-bond acceptors (Lipinski definition) is 8. The van der Waals surface area contributed by atoms with Crippen molar-refractivity contribution in [2.75, 3.05) is 13.2 Å². The molecule has 2 fully saturated rings. The van der Waals surface area contributed by atoms with E-state index < -0.39 is 47.2 Å². The minimum Gasteiger partial charge on any atom is -0.466 e. The van der Waals surface area contributed by atoms with Gasteiger partial charge in [-0.05, 0) is 32.8 Å². The number of nitro groups is 1. The maximum atomic E-state index is 11.9. The quantitative estimate of drug-likeness (QED) is 0.321. The molecular weight excluding hydrogens is 394 g/mol. The highest BCUT2D eigenvalue weighted by molar-refractivity contribution is 5.69. The zero-order valence-corrected chi connectivity index (χ0v) is 17.5. The molecule has 0 amide bonds. The summed E-state index contributed by atoms with van der Waals surface area (Å²) in [6.07, 6.45) is -1.84. The average molecular weight is 423 g/mol. The van der Waals surface area contributed by atoms with Gasteiger partial charge in [-0.25, -0.2) is 0 Å². The minimum atomic E-state index is -0.806. The van der Waals surface area contributed by atoms with Crippen LogP contribution >= 0.6 is 0 Å². The zero-order chi connectivity index (χ0) is 21.7. The van der Waals surface area contributed by atoms with Gasteiger partial charge in [0.2, 0.25) is 6.54 Å². The Kier molecular flexibility index (Phi) is 7.41. The molecule has 2 aliphatic heterocycles. The van der Waals surface area contributed by atoms with Gasteiger partial charge in [0.25, 0.3) is 0 Å². The van der Waals surface area contributed by atoms with Crippen molar-refractivity contribution in [1.29, 1.82) is 0 Å². The first-order chi connectivity index (χ1) is 14.3. The molecule has 1 aromatic rings. The standard InChI is InChI=1S/C21H29NO8/c1-4-26-17(23)11-15(12-22(24)25)10-16-18(27-13-14-8-6-5-7-9-14)19-20(28-16)30-21(2,3)29-19/h5-9,15-16,18-20H,4,10-13H2,1-3H3/t15?,16-,18+,19?,20+/m0/s1. The van der Waals surface area contributed by atoms with Gasteiger partial charge in [-0.15, -0.1) is 0 Å². The molecule has 0 aromatic heterocycles. The number of fused-ring (bicyclic) bond motifs is 1. The molecule has 0 aliphatic carbocycles. The lowest BCUT2D eigenvalue weighted by atomic mass is 9.94. The third-order valence-corrected chi connectivity index (χ3v) is 5.11. The lowest BCUT2D eigenvalue weighted by molar-refractivity contribution is -0.488. The molecule has 0 spiro atoms. The van der Waals surface area contributed by atoms with Gasteiger partial charge in [-0.2, -0.15) is 0 Å². The molecule has 2 saturated heterocycles. The van der Waals surface area contributed by atoms with Gasteiger partial charge >= 0.3 is 5.97 Å². The van der Waals surface area contributed by atoms with Crippen LogP contribution in [-0.2, 0) is 35.1 Å². The van der Waals surface area contributed by atoms with Crippen LogP contribution in [0.4, 0.5) is 0 Å². The van der Waals surface area contributed by atoms with E-state index in [4.69, 9.17) is 23.7 Å². The number of rotatable bonds is 10. The van der Waals surface area contributed by atoms with Crippen molar-refractivity contribution in [3.8, 4) is 0 Å². The van der Waals surface area contributed by atoms with Crippen molar-refractivity contribution in [1.82, 2.24) is 0 Å². The molecule has 0 saturated carbocycles. The first kappa shape index (κ1) is 22.6. The summed E-state index contributed by atoms with van der Waals surface area (Å²) in [7, 11) is 0. The summed E-state index contributed by atoms with van der Waals surface area (Å²) in [6, 6.07) is 9.68. The Bertz CT molecular complexity index is 725. The van der Waals surface area contributed by atoms with Crippen LogP contribution in [0.5, 0.6) is 0 Å². The van der Waals surface area contributed by atoms with Crippen molar-refractivity contribution in [3.63, 3.8) is 0 Å². The number of ether oxygens (including phenoxy) is 5. The summed E-state index contributed by atoms with van der Waals surface area (Å²) < 4.78 is 29.0. The van der Waals surface area contributed by atoms with Gasteiger partial charge in [0.1, 0.15) is 12.2 Å². The van der Waals surface area contributed by atoms with Crippen molar-refractivity contribution in [2.45, 2.75) is 70.6 Å². The maximum Gasteiger partial charge on any atom is 0.306 e. The van der Waals surface area contributed by atoms with E-state index in [-0.39, 0.29) is 26.0 Å². The van der Waals surface area contributed by atoms with Crippen molar-refractivity contribution < 1.29 is 33.4 Å². The Hall–Kier alpha value is -2.07. The highest BCUT2D eigenvalue weighted by Gasteiger charge is 2.55. The van der Waals surface area contributed by atoms with Gasteiger partial charge in [0, 0.05) is 10.8 Å². The Morgan fingerprint density at radius 1 is 1.27 bits per heavy atom. The Morgan fingerprint density at radius 2 is 2.00 bits per heavy atom. The van der Waals surface area contributed by atoms with E-state index in [0.29, 0.717) is 6.61 Å². The number of nitrogens with zero attached hydrogens (tertiary/aromatic N) is 1. The third-order valence-electron chi connectivity index (χ3n) is 5.11. The van der Waals surface area contributed by atoms with E-state index in [1.54, 1.807) is 20.8 Å². The predicted molar refractivity (Wildman–Crippen MR) is 105 cm³/mol. The highest BCUT2D eigenvalue weighted by atomic mass is 16.8. The molecule has 0 N–H and O–H groups in total. The monoisotopic (exact) mass is 423 g/mol. The number of hydrogen-bond donors (Lipinski definition) is 0. The molecule has 166 valence electrons. The first-order valence-electron chi connectivity index (χ1n) is 10.2. The Morgan fingerprint density at radius 3 is 2.67 bits per heavy atom. The zero-order valence-electron chi connectivity index (χ0n) is 17.5. The maximum absolute atomic E-state index is 11.9. The second kappa shape index (κ2) is 9.82. The van der Waals surface area contributed by atoms with Crippen LogP contribution in [0.3, 0.4) is 0 Å². The SMILES string of the molecule is CCOC(=O)CC(C[C@@H]1O[C@@H]2OC(C)(C)OC2[C@@H]1OCc1ccccc1)C[N+](=O)[O-]. The molecule has 2 unspecified atom stereocenters. The summed E-state index contributed by atoms with van der Waals surface area (Å²) in [6.45, 7) is 5.52. The molecule has 0 radical (unpaired) electrons. The second-order valence-electron chi connectivity index (χ2n) is 8.03. The fraction of sp³-hybridized carbons (Fsp3) is 0.667. The van der Waals surface area contributed by atoms with E-state index in [2.05, 4.69) is 0 Å². The second-order valence-corrected chi connectivity index (χ2v) is 8.03.